The molecule has 2 rings (SSSR count). The largest absolute Gasteiger partial charge is 0.494 e. The molecule has 2 aromatic rings. The fourth-order valence-electron chi connectivity index (χ4n) is 2.05. The van der Waals surface area contributed by atoms with Gasteiger partial charge in [0.05, 0.1) is 19.8 Å². The van der Waals surface area contributed by atoms with Crippen LogP contribution in [0, 0.1) is 5.82 Å². The summed E-state index contributed by atoms with van der Waals surface area (Å²) in [4.78, 5) is 0. The lowest BCUT2D eigenvalue weighted by atomic mass is 9.99. The van der Waals surface area contributed by atoms with Crippen molar-refractivity contribution < 1.29 is 13.9 Å². The van der Waals surface area contributed by atoms with Crippen molar-refractivity contribution in [1.29, 1.82) is 0 Å². The number of ether oxygens (including phenoxy) is 2. The van der Waals surface area contributed by atoms with E-state index in [0.717, 1.165) is 23.3 Å². The number of halogens is 1. The van der Waals surface area contributed by atoms with Gasteiger partial charge in [-0.25, -0.2) is 4.39 Å². The van der Waals surface area contributed by atoms with Gasteiger partial charge < -0.3 is 15.2 Å². The van der Waals surface area contributed by atoms with Crippen LogP contribution in [0.15, 0.2) is 42.5 Å². The Bertz CT molecular complexity index is 584. The molecule has 1 unspecified atom stereocenters. The molecule has 0 spiro atoms. The molecular weight excluding hydrogens is 269 g/mol. The summed E-state index contributed by atoms with van der Waals surface area (Å²) < 4.78 is 23.9. The van der Waals surface area contributed by atoms with Crippen molar-refractivity contribution in [2.24, 2.45) is 5.73 Å². The van der Waals surface area contributed by atoms with Gasteiger partial charge in [0.15, 0.2) is 11.6 Å². The van der Waals surface area contributed by atoms with E-state index >= 15 is 0 Å². The smallest absolute Gasteiger partial charge is 0.165 e. The van der Waals surface area contributed by atoms with Gasteiger partial charge in [0.1, 0.15) is 5.75 Å². The fraction of sp³-hybridized carbons (Fsp3) is 0.294. The van der Waals surface area contributed by atoms with Crippen LogP contribution in [0.4, 0.5) is 4.39 Å². The first-order valence-corrected chi connectivity index (χ1v) is 6.97. The third kappa shape index (κ3) is 3.73. The van der Waals surface area contributed by atoms with Crippen LogP contribution in [0.5, 0.6) is 11.5 Å². The predicted molar refractivity (Wildman–Crippen MR) is 81.2 cm³/mol. The highest BCUT2D eigenvalue weighted by Crippen LogP contribution is 2.26. The topological polar surface area (TPSA) is 44.5 Å². The first-order chi connectivity index (χ1) is 10.2. The summed E-state index contributed by atoms with van der Waals surface area (Å²) in [5.74, 6) is 0.632. The van der Waals surface area contributed by atoms with Crippen molar-refractivity contribution in [1.82, 2.24) is 0 Å². The third-order valence-corrected chi connectivity index (χ3v) is 3.25. The van der Waals surface area contributed by atoms with Gasteiger partial charge in [-0.2, -0.15) is 0 Å². The highest BCUT2D eigenvalue weighted by molar-refractivity contribution is 5.39. The molecule has 4 heteroatoms. The summed E-state index contributed by atoms with van der Waals surface area (Å²) in [6.45, 7) is 2.76. The Morgan fingerprint density at radius 2 is 1.76 bits per heavy atom. The maximum atomic E-state index is 13.4. The van der Waals surface area contributed by atoms with Crippen LogP contribution < -0.4 is 15.2 Å². The number of rotatable bonds is 6. The minimum Gasteiger partial charge on any atom is -0.494 e. The molecule has 0 saturated carbocycles. The molecular formula is C17H20FNO2. The van der Waals surface area contributed by atoms with E-state index in [2.05, 4.69) is 6.92 Å². The summed E-state index contributed by atoms with van der Waals surface area (Å²) in [5, 5.41) is 0. The number of hydrogen-bond acceptors (Lipinski definition) is 3. The number of hydrogen-bond donors (Lipinski definition) is 1. The average molecular weight is 289 g/mol. The molecule has 0 bridgehead atoms. The highest BCUT2D eigenvalue weighted by atomic mass is 19.1. The quantitative estimate of drug-likeness (QED) is 0.882. The summed E-state index contributed by atoms with van der Waals surface area (Å²) in [5.41, 5.74) is 7.96. The Labute approximate surface area is 124 Å². The predicted octanol–water partition coefficient (Wildman–Crippen LogP) is 3.67. The van der Waals surface area contributed by atoms with Crippen LogP contribution in [-0.2, 0) is 0 Å². The van der Waals surface area contributed by atoms with Crippen LogP contribution in [0.1, 0.15) is 30.5 Å². The zero-order valence-corrected chi connectivity index (χ0v) is 12.3. The molecule has 0 fully saturated rings. The van der Waals surface area contributed by atoms with Crippen LogP contribution in [0.2, 0.25) is 0 Å². The molecule has 1 atom stereocenters. The summed E-state index contributed by atoms with van der Waals surface area (Å²) >= 11 is 0. The van der Waals surface area contributed by atoms with Crippen LogP contribution >= 0.6 is 0 Å². The van der Waals surface area contributed by atoms with E-state index in [1.807, 2.05) is 24.3 Å². The van der Waals surface area contributed by atoms with Crippen LogP contribution in [0.3, 0.4) is 0 Å². The van der Waals surface area contributed by atoms with E-state index in [-0.39, 0.29) is 11.8 Å². The number of nitrogens with two attached hydrogens (primary N) is 1. The molecule has 0 saturated heterocycles. The molecule has 21 heavy (non-hydrogen) atoms. The van der Waals surface area contributed by atoms with Crippen molar-refractivity contribution in [3.63, 3.8) is 0 Å². The lowest BCUT2D eigenvalue weighted by Crippen LogP contribution is -2.12. The minimum atomic E-state index is -0.392. The second kappa shape index (κ2) is 7.09. The molecule has 0 aliphatic rings. The van der Waals surface area contributed by atoms with Gasteiger partial charge >= 0.3 is 0 Å². The molecule has 0 radical (unpaired) electrons. The molecule has 2 aromatic carbocycles. The second-order valence-corrected chi connectivity index (χ2v) is 4.79. The van der Waals surface area contributed by atoms with E-state index in [0.29, 0.717) is 6.61 Å². The number of methoxy groups -OCH3 is 1. The van der Waals surface area contributed by atoms with Gasteiger partial charge in [-0.15, -0.1) is 0 Å². The third-order valence-electron chi connectivity index (χ3n) is 3.25. The second-order valence-electron chi connectivity index (χ2n) is 4.79. The molecule has 0 amide bonds. The van der Waals surface area contributed by atoms with Crippen molar-refractivity contribution >= 4 is 0 Å². The zero-order valence-electron chi connectivity index (χ0n) is 12.3. The van der Waals surface area contributed by atoms with E-state index in [4.69, 9.17) is 15.2 Å². The average Bonchev–Trinajstić information content (AvgIpc) is 2.53. The van der Waals surface area contributed by atoms with Gasteiger partial charge in [-0.1, -0.05) is 25.1 Å². The maximum Gasteiger partial charge on any atom is 0.165 e. The van der Waals surface area contributed by atoms with Gasteiger partial charge in [0.2, 0.25) is 0 Å². The van der Waals surface area contributed by atoms with Crippen LogP contribution in [0.25, 0.3) is 0 Å². The lowest BCUT2D eigenvalue weighted by Gasteiger charge is -2.14. The van der Waals surface area contributed by atoms with Gasteiger partial charge in [0.25, 0.3) is 0 Å². The van der Waals surface area contributed by atoms with E-state index in [1.54, 1.807) is 12.1 Å². The first kappa shape index (κ1) is 15.3. The van der Waals surface area contributed by atoms with Gasteiger partial charge in [-0.05, 0) is 41.8 Å². The Balaban J connectivity index is 2.17. The van der Waals surface area contributed by atoms with Crippen molar-refractivity contribution in [2.75, 3.05) is 13.7 Å². The van der Waals surface area contributed by atoms with Gasteiger partial charge in [-0.3, -0.25) is 0 Å². The summed E-state index contributed by atoms with van der Waals surface area (Å²) in [6, 6.07) is 12.0. The van der Waals surface area contributed by atoms with Crippen LogP contribution in [-0.4, -0.2) is 13.7 Å². The molecule has 2 N–H and O–H groups in total. The van der Waals surface area contributed by atoms with E-state index < -0.39 is 5.82 Å². The molecule has 0 aliphatic carbocycles. The minimum absolute atomic E-state index is 0.200. The standard InChI is InChI=1S/C17H20FNO2/c1-3-10-21-14-7-4-12(5-8-14)17(19)13-6-9-15(18)16(11-13)20-2/h4-9,11,17H,3,10,19H2,1-2H3. The fourth-order valence-corrected chi connectivity index (χ4v) is 2.05. The monoisotopic (exact) mass is 289 g/mol. The van der Waals surface area contributed by atoms with E-state index in [9.17, 15) is 4.39 Å². The molecule has 0 aliphatic heterocycles. The molecule has 0 aromatic heterocycles. The SMILES string of the molecule is CCCOc1ccc(C(N)c2ccc(F)c(OC)c2)cc1. The van der Waals surface area contributed by atoms with Crippen molar-refractivity contribution in [3.8, 4) is 11.5 Å². The molecule has 3 nitrogen and oxygen atoms in total. The Kier molecular flexibility index (Phi) is 5.17. The van der Waals surface area contributed by atoms with E-state index in [1.165, 1.54) is 13.2 Å². The highest BCUT2D eigenvalue weighted by Gasteiger charge is 2.12. The number of benzene rings is 2. The first-order valence-electron chi connectivity index (χ1n) is 6.97. The van der Waals surface area contributed by atoms with Crippen molar-refractivity contribution in [2.45, 2.75) is 19.4 Å². The Morgan fingerprint density at radius 3 is 2.38 bits per heavy atom. The lowest BCUT2D eigenvalue weighted by molar-refractivity contribution is 0.317. The normalized spacial score (nSPS) is 12.0. The van der Waals surface area contributed by atoms with Crippen molar-refractivity contribution in [3.05, 3.63) is 59.4 Å². The Hall–Kier alpha value is -2.07. The molecule has 112 valence electrons. The molecule has 0 heterocycles. The summed E-state index contributed by atoms with van der Waals surface area (Å²) in [7, 11) is 1.44. The summed E-state index contributed by atoms with van der Waals surface area (Å²) in [6.07, 6.45) is 0.969. The maximum absolute atomic E-state index is 13.4. The van der Waals surface area contributed by atoms with Gasteiger partial charge in [0, 0.05) is 0 Å². The zero-order chi connectivity index (χ0) is 15.2. The Morgan fingerprint density at radius 1 is 1.10 bits per heavy atom.